The van der Waals surface area contributed by atoms with E-state index in [4.69, 9.17) is 4.74 Å². The number of benzene rings is 2. The van der Waals surface area contributed by atoms with E-state index < -0.39 is 5.97 Å². The number of Topliss-reactive ketones (excluding diaryl/α,β-unsaturated/α-hetero) is 1. The molecule has 0 N–H and O–H groups in total. The SMILES string of the molecule is O=C(CCN1C(=O)C2CCCCC2C1=O)OCC(=O)c1ccc2c(c1)-c1ccccc1C2. The first-order valence-electron chi connectivity index (χ1n) is 11.3. The number of fused-ring (bicyclic) bond motifs is 4. The molecule has 6 heteroatoms. The Kier molecular flexibility index (Phi) is 5.37. The van der Waals surface area contributed by atoms with Crippen LogP contribution in [0.5, 0.6) is 0 Å². The molecule has 2 fully saturated rings. The lowest BCUT2D eigenvalue weighted by molar-refractivity contribution is -0.145. The van der Waals surface area contributed by atoms with Gasteiger partial charge in [0.1, 0.15) is 0 Å². The van der Waals surface area contributed by atoms with E-state index in [0.29, 0.717) is 5.56 Å². The summed E-state index contributed by atoms with van der Waals surface area (Å²) < 4.78 is 5.16. The van der Waals surface area contributed by atoms with Crippen LogP contribution >= 0.6 is 0 Å². The lowest BCUT2D eigenvalue weighted by atomic mass is 9.81. The van der Waals surface area contributed by atoms with E-state index in [9.17, 15) is 19.2 Å². The molecule has 2 aliphatic carbocycles. The molecule has 2 aromatic carbocycles. The van der Waals surface area contributed by atoms with Crippen molar-refractivity contribution in [2.45, 2.75) is 38.5 Å². The summed E-state index contributed by atoms with van der Waals surface area (Å²) in [6.45, 7) is -0.334. The standard InChI is InChI=1S/C26H25NO5/c28-23(18-10-9-17-13-16-5-1-2-6-19(16)22(17)14-18)15-32-24(29)11-12-27-25(30)20-7-3-4-8-21(20)26(27)31/h1-2,5-6,9-10,14,20-21H,3-4,7-8,11-13,15H2. The maximum Gasteiger partial charge on any atom is 0.308 e. The van der Waals surface area contributed by atoms with Crippen LogP contribution < -0.4 is 0 Å². The first-order chi connectivity index (χ1) is 15.5. The molecule has 5 rings (SSSR count). The molecule has 1 saturated carbocycles. The molecule has 2 amide bonds. The number of hydrogen-bond donors (Lipinski definition) is 0. The minimum absolute atomic E-state index is 0.0212. The largest absolute Gasteiger partial charge is 0.457 e. The molecule has 164 valence electrons. The Morgan fingerprint density at radius 3 is 2.34 bits per heavy atom. The molecule has 2 unspecified atom stereocenters. The van der Waals surface area contributed by atoms with Crippen molar-refractivity contribution < 1.29 is 23.9 Å². The predicted molar refractivity (Wildman–Crippen MR) is 117 cm³/mol. The van der Waals surface area contributed by atoms with Crippen molar-refractivity contribution in [2.24, 2.45) is 11.8 Å². The number of ketones is 1. The summed E-state index contributed by atoms with van der Waals surface area (Å²) in [6, 6.07) is 13.7. The number of esters is 1. The minimum Gasteiger partial charge on any atom is -0.457 e. The van der Waals surface area contributed by atoms with Crippen LogP contribution in [-0.2, 0) is 25.5 Å². The van der Waals surface area contributed by atoms with Crippen LogP contribution in [0.4, 0.5) is 0 Å². The van der Waals surface area contributed by atoms with E-state index in [-0.39, 0.29) is 49.0 Å². The second-order valence-corrected chi connectivity index (χ2v) is 8.87. The highest BCUT2D eigenvalue weighted by Crippen LogP contribution is 2.38. The smallest absolute Gasteiger partial charge is 0.308 e. The molecule has 3 aliphatic rings. The zero-order chi connectivity index (χ0) is 22.2. The van der Waals surface area contributed by atoms with Crippen LogP contribution in [0.2, 0.25) is 0 Å². The van der Waals surface area contributed by atoms with Crippen LogP contribution in [0.25, 0.3) is 11.1 Å². The molecular formula is C26H25NO5. The van der Waals surface area contributed by atoms with Crippen molar-refractivity contribution in [3.8, 4) is 11.1 Å². The van der Waals surface area contributed by atoms with Gasteiger partial charge in [-0.05, 0) is 47.6 Å². The van der Waals surface area contributed by atoms with Gasteiger partial charge in [0.15, 0.2) is 12.4 Å². The molecule has 2 aromatic rings. The van der Waals surface area contributed by atoms with E-state index in [1.807, 2.05) is 30.3 Å². The monoisotopic (exact) mass is 431 g/mol. The van der Waals surface area contributed by atoms with Crippen LogP contribution in [0, 0.1) is 11.8 Å². The number of amides is 2. The molecule has 1 aliphatic heterocycles. The molecule has 0 spiro atoms. The van der Waals surface area contributed by atoms with Gasteiger partial charge in [0.05, 0.1) is 18.3 Å². The van der Waals surface area contributed by atoms with Crippen molar-refractivity contribution in [3.63, 3.8) is 0 Å². The van der Waals surface area contributed by atoms with E-state index in [1.54, 1.807) is 6.07 Å². The van der Waals surface area contributed by atoms with Gasteiger partial charge >= 0.3 is 5.97 Å². The Morgan fingerprint density at radius 1 is 0.906 bits per heavy atom. The quantitative estimate of drug-likeness (QED) is 0.339. The predicted octanol–water partition coefficient (Wildman–Crippen LogP) is 3.55. The number of ether oxygens (including phenoxy) is 1. The molecule has 0 bridgehead atoms. The Bertz CT molecular complexity index is 1100. The van der Waals surface area contributed by atoms with Gasteiger partial charge in [-0.1, -0.05) is 49.2 Å². The summed E-state index contributed by atoms with van der Waals surface area (Å²) in [6.07, 6.45) is 4.18. The van der Waals surface area contributed by atoms with Gasteiger partial charge in [-0.15, -0.1) is 0 Å². The highest BCUT2D eigenvalue weighted by Gasteiger charge is 2.47. The normalized spacial score (nSPS) is 21.2. The first-order valence-corrected chi connectivity index (χ1v) is 11.3. The molecular weight excluding hydrogens is 406 g/mol. The highest BCUT2D eigenvalue weighted by atomic mass is 16.5. The number of imide groups is 1. The zero-order valence-corrected chi connectivity index (χ0v) is 17.8. The second kappa shape index (κ2) is 8.34. The van der Waals surface area contributed by atoms with Gasteiger partial charge < -0.3 is 4.74 Å². The van der Waals surface area contributed by atoms with Gasteiger partial charge in [0.25, 0.3) is 0 Å². The molecule has 1 saturated heterocycles. The van der Waals surface area contributed by atoms with Crippen molar-refractivity contribution >= 4 is 23.6 Å². The van der Waals surface area contributed by atoms with Crippen LogP contribution in [0.3, 0.4) is 0 Å². The van der Waals surface area contributed by atoms with Crippen LogP contribution in [0.15, 0.2) is 42.5 Å². The summed E-state index contributed by atoms with van der Waals surface area (Å²) in [7, 11) is 0. The first kappa shape index (κ1) is 20.6. The average molecular weight is 431 g/mol. The fraction of sp³-hybridized carbons (Fsp3) is 0.385. The van der Waals surface area contributed by atoms with Crippen molar-refractivity contribution in [1.29, 1.82) is 0 Å². The third-order valence-corrected chi connectivity index (χ3v) is 6.96. The fourth-order valence-corrected chi connectivity index (χ4v) is 5.25. The summed E-state index contributed by atoms with van der Waals surface area (Å²) >= 11 is 0. The maximum absolute atomic E-state index is 12.6. The fourth-order valence-electron chi connectivity index (χ4n) is 5.25. The lowest BCUT2D eigenvalue weighted by Crippen LogP contribution is -2.33. The number of carbonyl (C=O) groups excluding carboxylic acids is 4. The molecule has 0 radical (unpaired) electrons. The second-order valence-electron chi connectivity index (χ2n) is 8.87. The summed E-state index contributed by atoms with van der Waals surface area (Å²) in [5.41, 5.74) is 5.10. The summed E-state index contributed by atoms with van der Waals surface area (Å²) in [5, 5.41) is 0. The van der Waals surface area contributed by atoms with Crippen molar-refractivity contribution in [1.82, 2.24) is 4.90 Å². The third-order valence-electron chi connectivity index (χ3n) is 6.96. The van der Waals surface area contributed by atoms with Gasteiger partial charge in [-0.3, -0.25) is 24.1 Å². The molecule has 2 atom stereocenters. The number of nitrogens with zero attached hydrogens (tertiary/aromatic N) is 1. The van der Waals surface area contributed by atoms with E-state index in [1.165, 1.54) is 16.0 Å². The number of rotatable bonds is 6. The Morgan fingerprint density at radius 2 is 1.59 bits per heavy atom. The third kappa shape index (κ3) is 3.64. The van der Waals surface area contributed by atoms with Gasteiger partial charge in [0.2, 0.25) is 11.8 Å². The average Bonchev–Trinajstić information content (AvgIpc) is 3.31. The number of hydrogen-bond acceptors (Lipinski definition) is 5. The highest BCUT2D eigenvalue weighted by molar-refractivity contribution is 6.05. The summed E-state index contributed by atoms with van der Waals surface area (Å²) in [5.74, 6) is -1.63. The Labute approximate surface area is 186 Å². The van der Waals surface area contributed by atoms with E-state index >= 15 is 0 Å². The van der Waals surface area contributed by atoms with E-state index in [2.05, 4.69) is 6.07 Å². The van der Waals surface area contributed by atoms with Gasteiger partial charge in [0, 0.05) is 12.1 Å². The molecule has 0 aromatic heterocycles. The van der Waals surface area contributed by atoms with Gasteiger partial charge in [-0.25, -0.2) is 0 Å². The Hall–Kier alpha value is -3.28. The van der Waals surface area contributed by atoms with E-state index in [0.717, 1.165) is 43.2 Å². The van der Waals surface area contributed by atoms with Crippen LogP contribution in [-0.4, -0.2) is 41.6 Å². The zero-order valence-electron chi connectivity index (χ0n) is 17.8. The summed E-state index contributed by atoms with van der Waals surface area (Å²) in [4.78, 5) is 51.0. The Balaban J connectivity index is 1.16. The molecule has 32 heavy (non-hydrogen) atoms. The van der Waals surface area contributed by atoms with Gasteiger partial charge in [-0.2, -0.15) is 0 Å². The topological polar surface area (TPSA) is 80.8 Å². The van der Waals surface area contributed by atoms with Crippen molar-refractivity contribution in [3.05, 3.63) is 59.2 Å². The lowest BCUT2D eigenvalue weighted by Gasteiger charge is -2.19. The molecule has 6 nitrogen and oxygen atoms in total. The molecule has 1 heterocycles. The van der Waals surface area contributed by atoms with Crippen molar-refractivity contribution in [2.75, 3.05) is 13.2 Å². The maximum atomic E-state index is 12.6. The number of likely N-dealkylation sites (tertiary alicyclic amines) is 1. The number of carbonyl (C=O) groups is 4. The minimum atomic E-state index is -0.583. The van der Waals surface area contributed by atoms with Crippen LogP contribution in [0.1, 0.15) is 53.6 Å².